The molecule has 1 aromatic heterocycles. The normalized spacial score (nSPS) is 12.9. The summed E-state index contributed by atoms with van der Waals surface area (Å²) in [6, 6.07) is 24.6. The fourth-order valence-electron chi connectivity index (χ4n) is 3.51. The smallest absolute Gasteiger partial charge is 0.265 e. The zero-order chi connectivity index (χ0) is 21.2. The average molecular weight is 426 g/mol. The lowest BCUT2D eigenvalue weighted by Gasteiger charge is -2.29. The monoisotopic (exact) mass is 426 g/mol. The Morgan fingerprint density at radius 1 is 0.968 bits per heavy atom. The van der Waals surface area contributed by atoms with E-state index in [1.165, 1.54) is 4.90 Å². The van der Waals surface area contributed by atoms with Gasteiger partial charge in [-0.1, -0.05) is 60.7 Å². The number of hydrogen-bond donors (Lipinski definition) is 0. The molecule has 0 radical (unpaired) electrons. The molecule has 0 fully saturated rings. The number of carbonyl (C=O) groups excluding carboxylic acids is 2. The van der Waals surface area contributed by atoms with Crippen LogP contribution in [-0.2, 0) is 4.79 Å². The van der Waals surface area contributed by atoms with Crippen LogP contribution in [0.5, 0.6) is 5.75 Å². The Kier molecular flexibility index (Phi) is 5.06. The number of rotatable bonds is 5. The van der Waals surface area contributed by atoms with Crippen LogP contribution >= 0.6 is 11.3 Å². The van der Waals surface area contributed by atoms with E-state index in [-0.39, 0.29) is 24.8 Å². The van der Waals surface area contributed by atoms with E-state index in [9.17, 15) is 9.59 Å². The molecule has 0 saturated heterocycles. The first-order chi connectivity index (χ1) is 15.2. The fourth-order valence-corrected chi connectivity index (χ4v) is 4.35. The maximum Gasteiger partial charge on any atom is 0.265 e. The number of ether oxygens (including phenoxy) is 1. The lowest BCUT2D eigenvalue weighted by Crippen LogP contribution is -2.42. The molecule has 0 atom stereocenters. The summed E-state index contributed by atoms with van der Waals surface area (Å²) >= 11 is 1.57. The highest BCUT2D eigenvalue weighted by atomic mass is 32.1. The van der Waals surface area contributed by atoms with E-state index in [1.807, 2.05) is 72.1 Å². The van der Waals surface area contributed by atoms with Crippen molar-refractivity contribution in [1.29, 1.82) is 0 Å². The largest absolute Gasteiger partial charge is 0.482 e. The maximum atomic E-state index is 12.7. The molecular weight excluding hydrogens is 408 g/mol. The SMILES string of the molecule is O=C(CN1C(=O)COc2ccc(-c3csc(-c4ccccc4)n3)cc21)c1ccccc1. The van der Waals surface area contributed by atoms with Gasteiger partial charge in [0.15, 0.2) is 12.4 Å². The van der Waals surface area contributed by atoms with Crippen molar-refractivity contribution < 1.29 is 14.3 Å². The lowest BCUT2D eigenvalue weighted by molar-refractivity contribution is -0.121. The van der Waals surface area contributed by atoms with Crippen molar-refractivity contribution >= 4 is 28.7 Å². The highest BCUT2D eigenvalue weighted by molar-refractivity contribution is 7.13. The predicted molar refractivity (Wildman–Crippen MR) is 122 cm³/mol. The van der Waals surface area contributed by atoms with E-state index in [1.54, 1.807) is 23.5 Å². The number of aromatic nitrogens is 1. The summed E-state index contributed by atoms with van der Waals surface area (Å²) in [6.07, 6.45) is 0. The Bertz CT molecular complexity index is 1250. The van der Waals surface area contributed by atoms with Gasteiger partial charge in [0.2, 0.25) is 0 Å². The van der Waals surface area contributed by atoms with Crippen molar-refractivity contribution in [2.24, 2.45) is 0 Å². The van der Waals surface area contributed by atoms with E-state index in [0.29, 0.717) is 17.0 Å². The molecule has 31 heavy (non-hydrogen) atoms. The summed E-state index contributed by atoms with van der Waals surface area (Å²) in [5.41, 5.74) is 3.91. The number of fused-ring (bicyclic) bond motifs is 1. The first-order valence-corrected chi connectivity index (χ1v) is 10.7. The number of Topliss-reactive ketones (excluding diaryl/α,β-unsaturated/α-hetero) is 1. The Morgan fingerprint density at radius 2 is 1.71 bits per heavy atom. The molecule has 0 bridgehead atoms. The zero-order valence-electron chi connectivity index (χ0n) is 16.5. The molecule has 6 heteroatoms. The number of ketones is 1. The van der Waals surface area contributed by atoms with Crippen molar-refractivity contribution in [2.45, 2.75) is 0 Å². The summed E-state index contributed by atoms with van der Waals surface area (Å²) in [4.78, 5) is 31.6. The third kappa shape index (κ3) is 3.85. The molecule has 3 aromatic carbocycles. The average Bonchev–Trinajstić information content (AvgIpc) is 3.32. The van der Waals surface area contributed by atoms with Gasteiger partial charge in [-0.25, -0.2) is 4.98 Å². The summed E-state index contributed by atoms with van der Waals surface area (Å²) < 4.78 is 5.60. The summed E-state index contributed by atoms with van der Waals surface area (Å²) in [6.45, 7) is -0.113. The van der Waals surface area contributed by atoms with Crippen molar-refractivity contribution in [3.63, 3.8) is 0 Å². The van der Waals surface area contributed by atoms with E-state index < -0.39 is 0 Å². The molecule has 0 unspecified atom stereocenters. The summed E-state index contributed by atoms with van der Waals surface area (Å²) in [7, 11) is 0. The fraction of sp³-hybridized carbons (Fsp3) is 0.0800. The molecule has 5 rings (SSSR count). The van der Waals surface area contributed by atoms with Crippen LogP contribution in [0.4, 0.5) is 5.69 Å². The van der Waals surface area contributed by atoms with Gasteiger partial charge in [-0.2, -0.15) is 0 Å². The number of carbonyl (C=O) groups is 2. The molecule has 1 aliphatic heterocycles. The first kappa shape index (κ1) is 19.2. The van der Waals surface area contributed by atoms with Gasteiger partial charge >= 0.3 is 0 Å². The molecule has 2 heterocycles. The molecule has 5 nitrogen and oxygen atoms in total. The highest BCUT2D eigenvalue weighted by Gasteiger charge is 2.28. The zero-order valence-corrected chi connectivity index (χ0v) is 17.3. The molecule has 1 amide bonds. The van der Waals surface area contributed by atoms with Gasteiger partial charge < -0.3 is 4.74 Å². The van der Waals surface area contributed by atoms with Gasteiger partial charge in [-0.15, -0.1) is 11.3 Å². The molecule has 152 valence electrons. The van der Waals surface area contributed by atoms with Crippen LogP contribution < -0.4 is 9.64 Å². The van der Waals surface area contributed by atoms with E-state index in [0.717, 1.165) is 21.8 Å². The van der Waals surface area contributed by atoms with Crippen LogP contribution in [-0.4, -0.2) is 29.8 Å². The van der Waals surface area contributed by atoms with E-state index >= 15 is 0 Å². The Morgan fingerprint density at radius 3 is 2.48 bits per heavy atom. The Hall–Kier alpha value is -3.77. The van der Waals surface area contributed by atoms with Crippen molar-refractivity contribution in [3.8, 4) is 27.6 Å². The number of thiazole rings is 1. The molecule has 1 aliphatic rings. The highest BCUT2D eigenvalue weighted by Crippen LogP contribution is 2.37. The lowest BCUT2D eigenvalue weighted by atomic mass is 10.1. The van der Waals surface area contributed by atoms with Crippen LogP contribution in [0, 0.1) is 0 Å². The molecule has 0 spiro atoms. The second-order valence-corrected chi connectivity index (χ2v) is 8.00. The Balaban J connectivity index is 1.47. The number of nitrogens with zero attached hydrogens (tertiary/aromatic N) is 2. The van der Waals surface area contributed by atoms with Gasteiger partial charge in [0.05, 0.1) is 17.9 Å². The van der Waals surface area contributed by atoms with Gasteiger partial charge in [0, 0.05) is 22.1 Å². The predicted octanol–water partition coefficient (Wildman–Crippen LogP) is 5.09. The minimum absolute atomic E-state index is 0.0327. The molecule has 0 N–H and O–H groups in total. The minimum Gasteiger partial charge on any atom is -0.482 e. The molecule has 4 aromatic rings. The third-order valence-corrected chi connectivity index (χ3v) is 6.01. The first-order valence-electron chi connectivity index (χ1n) is 9.86. The van der Waals surface area contributed by atoms with Crippen LogP contribution in [0.25, 0.3) is 21.8 Å². The van der Waals surface area contributed by atoms with E-state index in [2.05, 4.69) is 0 Å². The number of hydrogen-bond acceptors (Lipinski definition) is 5. The van der Waals surface area contributed by atoms with Crippen molar-refractivity contribution in [3.05, 3.63) is 89.8 Å². The van der Waals surface area contributed by atoms with Crippen molar-refractivity contribution in [2.75, 3.05) is 18.1 Å². The molecular formula is C25H18N2O3S. The number of amides is 1. The third-order valence-electron chi connectivity index (χ3n) is 5.12. The van der Waals surface area contributed by atoms with Gasteiger partial charge in [-0.3, -0.25) is 14.5 Å². The van der Waals surface area contributed by atoms with Gasteiger partial charge in [0.1, 0.15) is 10.8 Å². The van der Waals surface area contributed by atoms with Crippen LogP contribution in [0.2, 0.25) is 0 Å². The summed E-state index contributed by atoms with van der Waals surface area (Å²) in [5.74, 6) is 0.229. The Labute approximate surface area is 183 Å². The number of benzene rings is 3. The van der Waals surface area contributed by atoms with Gasteiger partial charge in [0.25, 0.3) is 5.91 Å². The van der Waals surface area contributed by atoms with Crippen LogP contribution in [0.3, 0.4) is 0 Å². The second-order valence-electron chi connectivity index (χ2n) is 7.14. The topological polar surface area (TPSA) is 59.5 Å². The quantitative estimate of drug-likeness (QED) is 0.417. The number of anilines is 1. The van der Waals surface area contributed by atoms with Crippen molar-refractivity contribution in [1.82, 2.24) is 4.98 Å². The molecule has 0 saturated carbocycles. The maximum absolute atomic E-state index is 12.7. The van der Waals surface area contributed by atoms with Crippen LogP contribution in [0.15, 0.2) is 84.2 Å². The van der Waals surface area contributed by atoms with Crippen LogP contribution in [0.1, 0.15) is 10.4 Å². The van der Waals surface area contributed by atoms with Gasteiger partial charge in [-0.05, 0) is 18.2 Å². The molecule has 0 aliphatic carbocycles. The minimum atomic E-state index is -0.239. The summed E-state index contributed by atoms with van der Waals surface area (Å²) in [5, 5.41) is 2.92. The standard InChI is InChI=1S/C25H18N2O3S/c28-22(17-7-3-1-4-8-17)14-27-21-13-19(11-12-23(21)30-15-24(27)29)20-16-31-25(26-20)18-9-5-2-6-10-18/h1-13,16H,14-15H2. The second kappa shape index (κ2) is 8.16. The van der Waals surface area contributed by atoms with E-state index in [4.69, 9.17) is 9.72 Å².